The molecule has 0 fully saturated rings. The van der Waals surface area contributed by atoms with E-state index < -0.39 is 0 Å². The Morgan fingerprint density at radius 2 is 1.77 bits per heavy atom. The quantitative estimate of drug-likeness (QED) is 0.726. The van der Waals surface area contributed by atoms with Gasteiger partial charge in [-0.05, 0) is 30.5 Å². The molecule has 4 rings (SSSR count). The molecular formula is C18H18N4. The van der Waals surface area contributed by atoms with Gasteiger partial charge in [-0.25, -0.2) is 0 Å². The van der Waals surface area contributed by atoms with E-state index in [1.165, 1.54) is 12.0 Å². The van der Waals surface area contributed by atoms with Crippen molar-refractivity contribution < 1.29 is 0 Å². The van der Waals surface area contributed by atoms with Gasteiger partial charge in [-0.2, -0.15) is 0 Å². The molecule has 0 bridgehead atoms. The maximum atomic E-state index is 4.42. The van der Waals surface area contributed by atoms with Gasteiger partial charge in [-0.1, -0.05) is 30.3 Å². The first-order chi connectivity index (χ1) is 10.9. The largest absolute Gasteiger partial charge is 0.310 e. The molecule has 2 aromatic heterocycles. The third-order valence-corrected chi connectivity index (χ3v) is 4.39. The molecule has 110 valence electrons. The second-order valence-corrected chi connectivity index (χ2v) is 5.79. The lowest BCUT2D eigenvalue weighted by Gasteiger charge is -2.17. The zero-order valence-electron chi connectivity index (χ0n) is 12.4. The van der Waals surface area contributed by atoms with Crippen LogP contribution in [0.15, 0.2) is 54.9 Å². The summed E-state index contributed by atoms with van der Waals surface area (Å²) in [5.74, 6) is 2.59. The van der Waals surface area contributed by atoms with E-state index in [-0.39, 0.29) is 0 Å². The highest BCUT2D eigenvalue weighted by molar-refractivity contribution is 5.54. The molecule has 1 aliphatic rings. The fraction of sp³-hybridized carbons (Fsp3) is 0.278. The van der Waals surface area contributed by atoms with Crippen LogP contribution in [0.1, 0.15) is 30.1 Å². The van der Waals surface area contributed by atoms with Crippen molar-refractivity contribution in [2.45, 2.75) is 31.7 Å². The summed E-state index contributed by atoms with van der Waals surface area (Å²) in [6.07, 6.45) is 6.98. The standard InChI is InChI=1S/C18H18N4/c1-2-5-14(6-3-1)16-7-4-8-17-20-21-18(22(17)13-16)15-9-11-19-12-10-15/h1-3,5-6,9-12,16H,4,7-8,13H2. The van der Waals surface area contributed by atoms with Gasteiger partial charge in [0.2, 0.25) is 0 Å². The molecule has 0 spiro atoms. The van der Waals surface area contributed by atoms with Crippen molar-refractivity contribution >= 4 is 0 Å². The van der Waals surface area contributed by atoms with Crippen LogP contribution in [-0.2, 0) is 13.0 Å². The lowest BCUT2D eigenvalue weighted by Crippen LogP contribution is -2.10. The smallest absolute Gasteiger partial charge is 0.164 e. The molecule has 0 saturated carbocycles. The molecule has 1 unspecified atom stereocenters. The van der Waals surface area contributed by atoms with Gasteiger partial charge in [0.15, 0.2) is 5.82 Å². The monoisotopic (exact) mass is 290 g/mol. The second-order valence-electron chi connectivity index (χ2n) is 5.79. The average molecular weight is 290 g/mol. The van der Waals surface area contributed by atoms with Crippen molar-refractivity contribution in [2.24, 2.45) is 0 Å². The fourth-order valence-corrected chi connectivity index (χ4v) is 3.24. The van der Waals surface area contributed by atoms with Gasteiger partial charge in [-0.15, -0.1) is 10.2 Å². The normalized spacial score (nSPS) is 17.7. The zero-order chi connectivity index (χ0) is 14.8. The molecule has 1 aliphatic heterocycles. The second kappa shape index (κ2) is 5.72. The summed E-state index contributed by atoms with van der Waals surface area (Å²) < 4.78 is 2.29. The first-order valence-corrected chi connectivity index (χ1v) is 7.79. The molecule has 3 aromatic rings. The average Bonchev–Trinajstić information content (AvgIpc) is 2.86. The highest BCUT2D eigenvalue weighted by Gasteiger charge is 2.22. The van der Waals surface area contributed by atoms with E-state index in [0.717, 1.165) is 36.6 Å². The van der Waals surface area contributed by atoms with E-state index in [9.17, 15) is 0 Å². The summed E-state index contributed by atoms with van der Waals surface area (Å²) in [5.41, 5.74) is 2.49. The van der Waals surface area contributed by atoms with Crippen LogP contribution in [0.4, 0.5) is 0 Å². The van der Waals surface area contributed by atoms with E-state index in [1.54, 1.807) is 0 Å². The summed E-state index contributed by atoms with van der Waals surface area (Å²) in [6.45, 7) is 0.948. The van der Waals surface area contributed by atoms with Gasteiger partial charge >= 0.3 is 0 Å². The van der Waals surface area contributed by atoms with Gasteiger partial charge in [0, 0.05) is 36.8 Å². The van der Waals surface area contributed by atoms with Crippen LogP contribution in [0.5, 0.6) is 0 Å². The van der Waals surface area contributed by atoms with E-state index in [1.807, 2.05) is 24.5 Å². The van der Waals surface area contributed by atoms with Crippen LogP contribution in [0, 0.1) is 0 Å². The first-order valence-electron chi connectivity index (χ1n) is 7.79. The summed E-state index contributed by atoms with van der Waals surface area (Å²) in [6, 6.07) is 14.8. The summed E-state index contributed by atoms with van der Waals surface area (Å²) in [4.78, 5) is 4.09. The van der Waals surface area contributed by atoms with Gasteiger partial charge in [0.05, 0.1) is 0 Å². The Morgan fingerprint density at radius 1 is 0.955 bits per heavy atom. The minimum atomic E-state index is 0.527. The minimum absolute atomic E-state index is 0.527. The maximum Gasteiger partial charge on any atom is 0.164 e. The third kappa shape index (κ3) is 2.41. The summed E-state index contributed by atoms with van der Waals surface area (Å²) in [5, 5.41) is 8.84. The number of aromatic nitrogens is 4. The van der Waals surface area contributed by atoms with Crippen LogP contribution in [-0.4, -0.2) is 19.7 Å². The third-order valence-electron chi connectivity index (χ3n) is 4.39. The Labute approximate surface area is 129 Å². The fourth-order valence-electron chi connectivity index (χ4n) is 3.24. The van der Waals surface area contributed by atoms with Crippen molar-refractivity contribution in [1.82, 2.24) is 19.7 Å². The van der Waals surface area contributed by atoms with E-state index in [2.05, 4.69) is 50.1 Å². The zero-order valence-corrected chi connectivity index (χ0v) is 12.4. The number of pyridine rings is 1. The van der Waals surface area contributed by atoms with Crippen molar-refractivity contribution in [3.05, 3.63) is 66.2 Å². The Kier molecular flexibility index (Phi) is 3.43. The van der Waals surface area contributed by atoms with Crippen molar-refractivity contribution in [2.75, 3.05) is 0 Å². The number of aryl methyl sites for hydroxylation is 1. The molecule has 3 heterocycles. The summed E-state index contributed by atoms with van der Waals surface area (Å²) >= 11 is 0. The molecule has 4 heteroatoms. The highest BCUT2D eigenvalue weighted by atomic mass is 15.3. The molecule has 22 heavy (non-hydrogen) atoms. The number of nitrogens with zero attached hydrogens (tertiary/aromatic N) is 4. The van der Waals surface area contributed by atoms with Crippen LogP contribution >= 0.6 is 0 Å². The molecule has 0 radical (unpaired) electrons. The Morgan fingerprint density at radius 3 is 2.59 bits per heavy atom. The van der Waals surface area contributed by atoms with Crippen molar-refractivity contribution in [1.29, 1.82) is 0 Å². The van der Waals surface area contributed by atoms with Crippen molar-refractivity contribution in [3.8, 4) is 11.4 Å². The molecule has 1 aromatic carbocycles. The Balaban J connectivity index is 1.73. The SMILES string of the molecule is c1ccc(C2CCCc3nnc(-c4ccncc4)n3C2)cc1. The molecule has 0 amide bonds. The number of hydrogen-bond donors (Lipinski definition) is 0. The minimum Gasteiger partial charge on any atom is -0.310 e. The van der Waals surface area contributed by atoms with Crippen LogP contribution in [0.25, 0.3) is 11.4 Å². The predicted octanol–water partition coefficient (Wildman–Crippen LogP) is 3.46. The van der Waals surface area contributed by atoms with Crippen molar-refractivity contribution in [3.63, 3.8) is 0 Å². The highest BCUT2D eigenvalue weighted by Crippen LogP contribution is 2.30. The Hall–Kier alpha value is -2.49. The summed E-state index contributed by atoms with van der Waals surface area (Å²) in [7, 11) is 0. The molecule has 0 N–H and O–H groups in total. The van der Waals surface area contributed by atoms with Crippen LogP contribution < -0.4 is 0 Å². The number of rotatable bonds is 2. The number of benzene rings is 1. The lowest BCUT2D eigenvalue weighted by molar-refractivity contribution is 0.545. The topological polar surface area (TPSA) is 43.6 Å². The maximum absolute atomic E-state index is 4.42. The molecule has 4 nitrogen and oxygen atoms in total. The predicted molar refractivity (Wildman–Crippen MR) is 85.4 cm³/mol. The Bertz CT molecular complexity index is 749. The van der Waals surface area contributed by atoms with Crippen LogP contribution in [0.2, 0.25) is 0 Å². The molecule has 1 atom stereocenters. The van der Waals surface area contributed by atoms with Gasteiger partial charge in [0.1, 0.15) is 5.82 Å². The first kappa shape index (κ1) is 13.2. The van der Waals surface area contributed by atoms with E-state index in [0.29, 0.717) is 5.92 Å². The van der Waals surface area contributed by atoms with Crippen LogP contribution in [0.3, 0.4) is 0 Å². The van der Waals surface area contributed by atoms with E-state index in [4.69, 9.17) is 0 Å². The number of fused-ring (bicyclic) bond motifs is 1. The lowest BCUT2D eigenvalue weighted by atomic mass is 9.94. The van der Waals surface area contributed by atoms with Gasteiger partial charge in [0.25, 0.3) is 0 Å². The van der Waals surface area contributed by atoms with Gasteiger partial charge < -0.3 is 4.57 Å². The molecule has 0 saturated heterocycles. The van der Waals surface area contributed by atoms with E-state index >= 15 is 0 Å². The van der Waals surface area contributed by atoms with Gasteiger partial charge in [-0.3, -0.25) is 4.98 Å². The molecule has 0 aliphatic carbocycles. The number of hydrogen-bond acceptors (Lipinski definition) is 3. The molecular weight excluding hydrogens is 272 g/mol.